The zero-order valence-corrected chi connectivity index (χ0v) is 11.5. The molecular formula is C14H9BrF2O2. The van der Waals surface area contributed by atoms with Crippen molar-refractivity contribution < 1.29 is 18.7 Å². The highest BCUT2D eigenvalue weighted by atomic mass is 79.9. The number of rotatable bonds is 2. The van der Waals surface area contributed by atoms with Crippen LogP contribution in [0.15, 0.2) is 34.8 Å². The molecule has 2 nitrogen and oxygen atoms in total. The van der Waals surface area contributed by atoms with E-state index in [9.17, 15) is 13.6 Å². The summed E-state index contributed by atoms with van der Waals surface area (Å²) in [5.41, 5.74) is 0.173. The highest BCUT2D eigenvalue weighted by molar-refractivity contribution is 9.10. The van der Waals surface area contributed by atoms with Crippen molar-refractivity contribution in [2.75, 3.05) is 0 Å². The summed E-state index contributed by atoms with van der Waals surface area (Å²) in [6.07, 6.45) is 0. The van der Waals surface area contributed by atoms with E-state index in [4.69, 9.17) is 5.11 Å². The van der Waals surface area contributed by atoms with Crippen molar-refractivity contribution in [1.82, 2.24) is 0 Å². The molecule has 0 atom stereocenters. The van der Waals surface area contributed by atoms with E-state index < -0.39 is 17.6 Å². The quantitative estimate of drug-likeness (QED) is 0.888. The van der Waals surface area contributed by atoms with Gasteiger partial charge < -0.3 is 5.11 Å². The minimum absolute atomic E-state index is 0.0620. The molecule has 0 aliphatic rings. The summed E-state index contributed by atoms with van der Waals surface area (Å²) in [6.45, 7) is 1.45. The predicted octanol–water partition coefficient (Wildman–Crippen LogP) is 4.40. The van der Waals surface area contributed by atoms with Crippen LogP contribution in [0, 0.1) is 18.6 Å². The number of carboxylic acids is 1. The first kappa shape index (κ1) is 13.7. The normalized spacial score (nSPS) is 10.5. The Morgan fingerprint density at radius 2 is 1.74 bits per heavy atom. The summed E-state index contributed by atoms with van der Waals surface area (Å²) in [5, 5.41) is 9.13. The Balaban J connectivity index is 2.72. The molecule has 2 rings (SSSR count). The Bertz CT molecular complexity index is 669. The van der Waals surface area contributed by atoms with Crippen molar-refractivity contribution in [3.63, 3.8) is 0 Å². The minimum Gasteiger partial charge on any atom is -0.478 e. The largest absolute Gasteiger partial charge is 0.478 e. The SMILES string of the molecule is Cc1ccc(-c2ccc(Br)cc2C(=O)O)c(F)c1F. The summed E-state index contributed by atoms with van der Waals surface area (Å²) in [4.78, 5) is 11.2. The standard InChI is InChI=1S/C14H9BrF2O2/c1-7-2-4-10(13(17)12(7)16)9-5-3-8(15)6-11(9)14(18)19/h2-6H,1H3,(H,18,19). The monoisotopic (exact) mass is 326 g/mol. The number of hydrogen-bond donors (Lipinski definition) is 1. The fourth-order valence-electron chi connectivity index (χ4n) is 1.78. The third kappa shape index (κ3) is 2.51. The molecule has 1 N–H and O–H groups in total. The molecule has 0 aromatic heterocycles. The van der Waals surface area contributed by atoms with Gasteiger partial charge in [0, 0.05) is 10.0 Å². The second kappa shape index (κ2) is 5.09. The van der Waals surface area contributed by atoms with Crippen LogP contribution in [0.25, 0.3) is 11.1 Å². The number of aryl methyl sites for hydroxylation is 1. The molecule has 0 unspecified atom stereocenters. The van der Waals surface area contributed by atoms with Gasteiger partial charge in [-0.2, -0.15) is 0 Å². The van der Waals surface area contributed by atoms with Crippen LogP contribution >= 0.6 is 15.9 Å². The second-order valence-electron chi connectivity index (χ2n) is 4.05. The Labute approximate surface area is 116 Å². The van der Waals surface area contributed by atoms with Crippen molar-refractivity contribution >= 4 is 21.9 Å². The third-order valence-electron chi connectivity index (χ3n) is 2.78. The Morgan fingerprint density at radius 3 is 2.37 bits per heavy atom. The molecule has 0 saturated heterocycles. The van der Waals surface area contributed by atoms with Crippen LogP contribution < -0.4 is 0 Å². The summed E-state index contributed by atoms with van der Waals surface area (Å²) in [7, 11) is 0. The molecule has 0 saturated carbocycles. The zero-order valence-electron chi connectivity index (χ0n) is 9.88. The van der Waals surface area contributed by atoms with Gasteiger partial charge in [0.25, 0.3) is 0 Å². The first-order chi connectivity index (χ1) is 8.91. The first-order valence-electron chi connectivity index (χ1n) is 5.39. The van der Waals surface area contributed by atoms with Crippen molar-refractivity contribution in [2.24, 2.45) is 0 Å². The van der Waals surface area contributed by atoms with Gasteiger partial charge in [-0.05, 0) is 30.2 Å². The van der Waals surface area contributed by atoms with E-state index in [-0.39, 0.29) is 22.3 Å². The van der Waals surface area contributed by atoms with Gasteiger partial charge >= 0.3 is 5.97 Å². The lowest BCUT2D eigenvalue weighted by Crippen LogP contribution is -2.02. The van der Waals surface area contributed by atoms with Crippen LogP contribution in [-0.2, 0) is 0 Å². The maximum absolute atomic E-state index is 13.9. The molecule has 5 heteroatoms. The summed E-state index contributed by atoms with van der Waals surface area (Å²) in [5.74, 6) is -3.20. The predicted molar refractivity (Wildman–Crippen MR) is 71.2 cm³/mol. The van der Waals surface area contributed by atoms with E-state index in [1.54, 1.807) is 6.07 Å². The van der Waals surface area contributed by atoms with Gasteiger partial charge in [0.1, 0.15) is 0 Å². The van der Waals surface area contributed by atoms with E-state index in [0.29, 0.717) is 4.47 Å². The molecule has 0 radical (unpaired) electrons. The van der Waals surface area contributed by atoms with Crippen molar-refractivity contribution in [3.8, 4) is 11.1 Å². The van der Waals surface area contributed by atoms with Crippen LogP contribution in [0.1, 0.15) is 15.9 Å². The topological polar surface area (TPSA) is 37.3 Å². The zero-order chi connectivity index (χ0) is 14.2. The fourth-order valence-corrected chi connectivity index (χ4v) is 2.14. The molecule has 0 bridgehead atoms. The first-order valence-corrected chi connectivity index (χ1v) is 6.19. The summed E-state index contributed by atoms with van der Waals surface area (Å²) in [6, 6.07) is 7.18. The van der Waals surface area contributed by atoms with Crippen molar-refractivity contribution in [3.05, 3.63) is 57.6 Å². The average Bonchev–Trinajstić information content (AvgIpc) is 2.37. The molecular weight excluding hydrogens is 318 g/mol. The highest BCUT2D eigenvalue weighted by Crippen LogP contribution is 2.30. The molecule has 19 heavy (non-hydrogen) atoms. The van der Waals surface area contributed by atoms with Gasteiger partial charge in [-0.25, -0.2) is 13.6 Å². The highest BCUT2D eigenvalue weighted by Gasteiger charge is 2.18. The van der Waals surface area contributed by atoms with E-state index >= 15 is 0 Å². The number of aromatic carboxylic acids is 1. The van der Waals surface area contributed by atoms with E-state index in [2.05, 4.69) is 15.9 Å². The van der Waals surface area contributed by atoms with Crippen LogP contribution in [0.5, 0.6) is 0 Å². The molecule has 0 amide bonds. The maximum atomic E-state index is 13.9. The Morgan fingerprint density at radius 1 is 1.11 bits per heavy atom. The van der Waals surface area contributed by atoms with Gasteiger partial charge in [0.15, 0.2) is 11.6 Å². The number of hydrogen-bond acceptors (Lipinski definition) is 1. The van der Waals surface area contributed by atoms with Gasteiger partial charge in [0.05, 0.1) is 5.56 Å². The van der Waals surface area contributed by atoms with E-state index in [1.807, 2.05) is 0 Å². The Hall–Kier alpha value is -1.75. The molecule has 0 aliphatic carbocycles. The molecule has 0 spiro atoms. The van der Waals surface area contributed by atoms with Crippen LogP contribution in [0.4, 0.5) is 8.78 Å². The number of carbonyl (C=O) groups is 1. The number of carboxylic acid groups (broad SMARTS) is 1. The van der Waals surface area contributed by atoms with E-state index in [0.717, 1.165) is 0 Å². The maximum Gasteiger partial charge on any atom is 0.336 e. The molecule has 2 aromatic carbocycles. The fraction of sp³-hybridized carbons (Fsp3) is 0.0714. The lowest BCUT2D eigenvalue weighted by Gasteiger charge is -2.09. The summed E-state index contributed by atoms with van der Waals surface area (Å²) >= 11 is 3.15. The number of halogens is 3. The summed E-state index contributed by atoms with van der Waals surface area (Å²) < 4.78 is 28.0. The molecule has 98 valence electrons. The molecule has 0 heterocycles. The molecule has 0 aliphatic heterocycles. The van der Waals surface area contributed by atoms with Gasteiger partial charge in [-0.1, -0.05) is 34.1 Å². The minimum atomic E-state index is -1.20. The third-order valence-corrected chi connectivity index (χ3v) is 3.27. The van der Waals surface area contributed by atoms with Crippen molar-refractivity contribution in [1.29, 1.82) is 0 Å². The second-order valence-corrected chi connectivity index (χ2v) is 4.97. The van der Waals surface area contributed by atoms with Crippen LogP contribution in [0.3, 0.4) is 0 Å². The van der Waals surface area contributed by atoms with Crippen LogP contribution in [0.2, 0.25) is 0 Å². The average molecular weight is 327 g/mol. The lowest BCUT2D eigenvalue weighted by atomic mass is 9.98. The number of benzene rings is 2. The van der Waals surface area contributed by atoms with Crippen LogP contribution in [-0.4, -0.2) is 11.1 Å². The smallest absolute Gasteiger partial charge is 0.336 e. The molecule has 0 fully saturated rings. The Kier molecular flexibility index (Phi) is 3.66. The van der Waals surface area contributed by atoms with Gasteiger partial charge in [-0.15, -0.1) is 0 Å². The van der Waals surface area contributed by atoms with Gasteiger partial charge in [-0.3, -0.25) is 0 Å². The molecule has 2 aromatic rings. The lowest BCUT2D eigenvalue weighted by molar-refractivity contribution is 0.0697. The van der Waals surface area contributed by atoms with E-state index in [1.165, 1.54) is 31.2 Å². The van der Waals surface area contributed by atoms with Crippen molar-refractivity contribution in [2.45, 2.75) is 6.92 Å². The van der Waals surface area contributed by atoms with Gasteiger partial charge in [0.2, 0.25) is 0 Å².